The van der Waals surface area contributed by atoms with Crippen LogP contribution in [-0.4, -0.2) is 96.6 Å². The van der Waals surface area contributed by atoms with Gasteiger partial charge in [-0.05, 0) is 37.1 Å². The zero-order valence-corrected chi connectivity index (χ0v) is 17.1. The van der Waals surface area contributed by atoms with Crippen molar-refractivity contribution in [2.75, 3.05) is 45.9 Å². The predicted octanol–water partition coefficient (Wildman–Crippen LogP) is 0.299. The number of ether oxygens (including phenoxy) is 2. The fourth-order valence-corrected chi connectivity index (χ4v) is 3.47. The molecular weight excluding hydrogens is 413 g/mol. The fraction of sp³-hybridized carbons (Fsp3) is 0.550. The van der Waals surface area contributed by atoms with Crippen molar-refractivity contribution in [2.45, 2.75) is 25.0 Å². The summed E-state index contributed by atoms with van der Waals surface area (Å²) in [7, 11) is 0. The Hall–Kier alpha value is -2.92. The topological polar surface area (TPSA) is 129 Å². The van der Waals surface area contributed by atoms with Gasteiger partial charge in [-0.3, -0.25) is 19.4 Å². The Morgan fingerprint density at radius 1 is 1.32 bits per heavy atom. The number of amides is 2. The van der Waals surface area contributed by atoms with E-state index in [4.69, 9.17) is 19.4 Å². The van der Waals surface area contributed by atoms with Crippen LogP contribution in [0.25, 0.3) is 0 Å². The molecule has 2 fully saturated rings. The molecule has 1 aromatic rings. The lowest BCUT2D eigenvalue weighted by atomic mass is 10.0. The number of cyclic esters (lactones) is 1. The van der Waals surface area contributed by atoms with E-state index in [2.05, 4.69) is 10.2 Å². The summed E-state index contributed by atoms with van der Waals surface area (Å²) < 4.78 is 23.3. The number of piperidine rings is 1. The molecule has 31 heavy (non-hydrogen) atoms. The quantitative estimate of drug-likeness (QED) is 0.388. The van der Waals surface area contributed by atoms with E-state index in [1.165, 1.54) is 17.0 Å². The average Bonchev–Trinajstić information content (AvgIpc) is 3.11. The number of nitrogens with one attached hydrogen (secondary N) is 1. The Bertz CT molecular complexity index is 719. The molecule has 2 amide bonds. The van der Waals surface area contributed by atoms with Crippen molar-refractivity contribution in [1.29, 1.82) is 0 Å². The largest absolute Gasteiger partial charge is 0.494 e. The molecule has 2 aliphatic heterocycles. The van der Waals surface area contributed by atoms with Gasteiger partial charge in [0.25, 0.3) is 6.47 Å². The smallest absolute Gasteiger partial charge is 0.410 e. The van der Waals surface area contributed by atoms with Gasteiger partial charge in [-0.2, -0.15) is 0 Å². The fourth-order valence-electron chi connectivity index (χ4n) is 3.47. The van der Waals surface area contributed by atoms with E-state index in [9.17, 15) is 19.1 Å². The van der Waals surface area contributed by atoms with E-state index in [1.807, 2.05) is 0 Å². The summed E-state index contributed by atoms with van der Waals surface area (Å²) >= 11 is 0. The molecule has 0 bridgehead atoms. The maximum atomic E-state index is 12.9. The average molecular weight is 441 g/mol. The first-order valence-corrected chi connectivity index (χ1v) is 9.99. The number of carboxylic acid groups (broad SMARTS) is 1. The Balaban J connectivity index is 0.00000107. The number of aliphatic hydroxyl groups is 1. The summed E-state index contributed by atoms with van der Waals surface area (Å²) in [5, 5.41) is 19.9. The molecule has 2 atom stereocenters. The van der Waals surface area contributed by atoms with Crippen LogP contribution in [0, 0.1) is 5.82 Å². The summed E-state index contributed by atoms with van der Waals surface area (Å²) in [5.74, 6) is 0.0626. The molecule has 10 nitrogen and oxygen atoms in total. The lowest BCUT2D eigenvalue weighted by Crippen LogP contribution is -2.54. The van der Waals surface area contributed by atoms with Gasteiger partial charge < -0.3 is 25.0 Å². The minimum absolute atomic E-state index is 0.0308. The molecule has 0 radical (unpaired) electrons. The van der Waals surface area contributed by atoms with Gasteiger partial charge in [0.1, 0.15) is 24.7 Å². The molecule has 0 saturated carbocycles. The first kappa shape index (κ1) is 24.4. The standard InChI is InChI=1S/C19H26FN3O5.CH2O2/c20-14-2-4-17(5-3-14)27-8-1-6-22-11-15(10-16(24)12-22)21-18(25)13-23-7-9-28-19(23)26;2-1-3/h2-5,15-16,24H,1,6-13H2,(H,21,25);1H,(H,2,3)/t15-,16+;/m0./s1. The van der Waals surface area contributed by atoms with Crippen LogP contribution in [0.2, 0.25) is 0 Å². The number of hydrogen-bond donors (Lipinski definition) is 3. The molecule has 3 N–H and O–H groups in total. The highest BCUT2D eigenvalue weighted by molar-refractivity contribution is 5.83. The summed E-state index contributed by atoms with van der Waals surface area (Å²) in [6.45, 7) is 2.80. The van der Waals surface area contributed by atoms with Gasteiger partial charge in [-0.15, -0.1) is 0 Å². The Kier molecular flexibility index (Phi) is 9.98. The van der Waals surface area contributed by atoms with Crippen molar-refractivity contribution in [3.63, 3.8) is 0 Å². The summed E-state index contributed by atoms with van der Waals surface area (Å²) in [6.07, 6.45) is 0.235. The molecule has 0 aliphatic carbocycles. The van der Waals surface area contributed by atoms with Gasteiger partial charge in [-0.25, -0.2) is 9.18 Å². The maximum absolute atomic E-state index is 12.9. The number of hydrogen-bond acceptors (Lipinski definition) is 7. The number of rotatable bonds is 8. The molecule has 0 spiro atoms. The van der Waals surface area contributed by atoms with Gasteiger partial charge in [-0.1, -0.05) is 0 Å². The highest BCUT2D eigenvalue weighted by Crippen LogP contribution is 2.14. The van der Waals surface area contributed by atoms with E-state index >= 15 is 0 Å². The van der Waals surface area contributed by atoms with Crippen molar-refractivity contribution >= 4 is 18.5 Å². The van der Waals surface area contributed by atoms with Gasteiger partial charge in [0.2, 0.25) is 5.91 Å². The first-order chi connectivity index (χ1) is 14.9. The Labute approximate surface area is 179 Å². The van der Waals surface area contributed by atoms with Crippen LogP contribution < -0.4 is 10.1 Å². The summed E-state index contributed by atoms with van der Waals surface area (Å²) in [6, 6.07) is 5.70. The second-order valence-electron chi connectivity index (χ2n) is 7.21. The van der Waals surface area contributed by atoms with Gasteiger partial charge in [0, 0.05) is 25.7 Å². The lowest BCUT2D eigenvalue weighted by molar-refractivity contribution is -0.123. The van der Waals surface area contributed by atoms with Gasteiger partial charge >= 0.3 is 6.09 Å². The van der Waals surface area contributed by atoms with Crippen LogP contribution in [0.1, 0.15) is 12.8 Å². The second kappa shape index (κ2) is 12.7. The zero-order valence-electron chi connectivity index (χ0n) is 17.1. The number of β-amino-alcohol motifs (C(OH)–C–C–N with tert-alkyl or cyclic N) is 1. The SMILES string of the molecule is O=C(CN1CCOC1=O)N[C@H]1C[C@@H](O)CN(CCCOc2ccc(F)cc2)C1.O=CO. The summed E-state index contributed by atoms with van der Waals surface area (Å²) in [5.41, 5.74) is 0. The molecule has 1 aromatic carbocycles. The highest BCUT2D eigenvalue weighted by Gasteiger charge is 2.29. The number of carbonyl (C=O) groups excluding carboxylic acids is 2. The molecular formula is C20H28FN3O7. The van der Waals surface area contributed by atoms with Crippen LogP contribution >= 0.6 is 0 Å². The minimum atomic E-state index is -0.520. The van der Waals surface area contributed by atoms with Crippen LogP contribution in [0.4, 0.5) is 9.18 Å². The minimum Gasteiger partial charge on any atom is -0.494 e. The van der Waals surface area contributed by atoms with E-state index in [0.717, 1.165) is 6.42 Å². The number of nitrogens with zero attached hydrogens (tertiary/aromatic N) is 2. The van der Waals surface area contributed by atoms with Crippen LogP contribution in [-0.2, 0) is 14.3 Å². The van der Waals surface area contributed by atoms with Gasteiger partial charge in [0.15, 0.2) is 0 Å². The second-order valence-corrected chi connectivity index (χ2v) is 7.21. The third-order valence-corrected chi connectivity index (χ3v) is 4.75. The molecule has 0 aromatic heterocycles. The molecule has 2 heterocycles. The lowest BCUT2D eigenvalue weighted by Gasteiger charge is -2.36. The van der Waals surface area contributed by atoms with Crippen LogP contribution in [0.3, 0.4) is 0 Å². The summed E-state index contributed by atoms with van der Waals surface area (Å²) in [4.78, 5) is 35.4. The van der Waals surface area contributed by atoms with E-state index in [1.54, 1.807) is 12.1 Å². The number of likely N-dealkylation sites (tertiary alicyclic amines) is 1. The molecule has 11 heteroatoms. The van der Waals surface area contributed by atoms with Crippen molar-refractivity contribution in [3.05, 3.63) is 30.1 Å². The molecule has 172 valence electrons. The number of benzene rings is 1. The zero-order chi connectivity index (χ0) is 22.6. The van der Waals surface area contributed by atoms with E-state index in [-0.39, 0.29) is 30.8 Å². The van der Waals surface area contributed by atoms with Crippen LogP contribution in [0.15, 0.2) is 24.3 Å². The van der Waals surface area contributed by atoms with E-state index in [0.29, 0.717) is 51.6 Å². The van der Waals surface area contributed by atoms with Crippen molar-refractivity contribution in [2.24, 2.45) is 0 Å². The predicted molar refractivity (Wildman–Crippen MR) is 107 cm³/mol. The van der Waals surface area contributed by atoms with Crippen molar-refractivity contribution < 1.29 is 38.5 Å². The van der Waals surface area contributed by atoms with E-state index < -0.39 is 12.2 Å². The Morgan fingerprint density at radius 2 is 2.03 bits per heavy atom. The van der Waals surface area contributed by atoms with Crippen LogP contribution in [0.5, 0.6) is 5.75 Å². The molecule has 3 rings (SSSR count). The van der Waals surface area contributed by atoms with Crippen molar-refractivity contribution in [3.8, 4) is 5.75 Å². The first-order valence-electron chi connectivity index (χ1n) is 9.99. The number of halogens is 1. The van der Waals surface area contributed by atoms with Crippen molar-refractivity contribution in [1.82, 2.24) is 15.1 Å². The molecule has 2 aliphatic rings. The normalized spacial score (nSPS) is 21.0. The van der Waals surface area contributed by atoms with Gasteiger partial charge in [0.05, 0.1) is 19.3 Å². The number of carbonyl (C=O) groups is 3. The molecule has 0 unspecified atom stereocenters. The third kappa shape index (κ3) is 8.77. The maximum Gasteiger partial charge on any atom is 0.410 e. The monoisotopic (exact) mass is 441 g/mol. The third-order valence-electron chi connectivity index (χ3n) is 4.75. The highest BCUT2D eigenvalue weighted by atomic mass is 19.1. The molecule has 2 saturated heterocycles. The Morgan fingerprint density at radius 3 is 2.68 bits per heavy atom. The number of aliphatic hydroxyl groups excluding tert-OH is 1.